The number of likely N-dealkylation sites (tertiary alicyclic amines) is 1. The van der Waals surface area contributed by atoms with Gasteiger partial charge in [-0.25, -0.2) is 4.79 Å². The normalized spacial score (nSPS) is 17.5. The second-order valence-corrected chi connectivity index (χ2v) is 7.14. The topological polar surface area (TPSA) is 41.6 Å². The Morgan fingerprint density at radius 2 is 1.85 bits per heavy atom. The lowest BCUT2D eigenvalue weighted by Gasteiger charge is -2.25. The van der Waals surface area contributed by atoms with Gasteiger partial charge in [0.1, 0.15) is 5.75 Å². The summed E-state index contributed by atoms with van der Waals surface area (Å²) in [7, 11) is 1.68. The number of anilines is 1. The maximum absolute atomic E-state index is 12.8. The second kappa shape index (κ2) is 8.26. The highest BCUT2D eigenvalue weighted by Crippen LogP contribution is 2.28. The molecule has 2 aromatic carbocycles. The Kier molecular flexibility index (Phi) is 5.82. The van der Waals surface area contributed by atoms with Crippen LogP contribution in [0, 0.1) is 13.8 Å². The van der Waals surface area contributed by atoms with Gasteiger partial charge in [0.2, 0.25) is 0 Å². The van der Waals surface area contributed by atoms with Gasteiger partial charge in [0.25, 0.3) is 0 Å². The van der Waals surface area contributed by atoms with Gasteiger partial charge < -0.3 is 15.0 Å². The number of carbonyl (C=O) groups is 1. The second-order valence-electron chi connectivity index (χ2n) is 7.14. The van der Waals surface area contributed by atoms with Crippen molar-refractivity contribution in [3.63, 3.8) is 0 Å². The first-order chi connectivity index (χ1) is 12.6. The summed E-state index contributed by atoms with van der Waals surface area (Å²) in [5.41, 5.74) is 4.56. The van der Waals surface area contributed by atoms with Gasteiger partial charge in [-0.1, -0.05) is 24.6 Å². The molecule has 1 aliphatic rings. The van der Waals surface area contributed by atoms with Crippen LogP contribution in [0.5, 0.6) is 5.75 Å². The van der Waals surface area contributed by atoms with E-state index in [9.17, 15) is 4.79 Å². The fourth-order valence-electron chi connectivity index (χ4n) is 3.50. The van der Waals surface area contributed by atoms with Crippen LogP contribution in [0.3, 0.4) is 0 Å². The van der Waals surface area contributed by atoms with Crippen molar-refractivity contribution in [1.29, 1.82) is 0 Å². The number of nitrogens with zero attached hydrogens (tertiary/aromatic N) is 1. The molecule has 0 spiro atoms. The highest BCUT2D eigenvalue weighted by Gasteiger charge is 2.23. The van der Waals surface area contributed by atoms with Crippen molar-refractivity contribution in [2.45, 2.75) is 39.0 Å². The zero-order chi connectivity index (χ0) is 18.5. The van der Waals surface area contributed by atoms with E-state index in [0.717, 1.165) is 43.8 Å². The van der Waals surface area contributed by atoms with E-state index in [4.69, 9.17) is 4.74 Å². The van der Waals surface area contributed by atoms with Crippen LogP contribution in [0.15, 0.2) is 42.5 Å². The molecule has 2 aromatic rings. The molecule has 1 aliphatic heterocycles. The minimum absolute atomic E-state index is 0.00587. The average Bonchev–Trinajstić information content (AvgIpc) is 2.91. The van der Waals surface area contributed by atoms with Gasteiger partial charge in [-0.2, -0.15) is 0 Å². The molecule has 1 N–H and O–H groups in total. The molecular weight excluding hydrogens is 324 g/mol. The fourth-order valence-corrected chi connectivity index (χ4v) is 3.50. The third-order valence-corrected chi connectivity index (χ3v) is 5.30. The maximum Gasteiger partial charge on any atom is 0.321 e. The number of ether oxygens (including phenoxy) is 1. The lowest BCUT2D eigenvalue weighted by atomic mass is 9.94. The van der Waals surface area contributed by atoms with Crippen molar-refractivity contribution in [3.8, 4) is 5.75 Å². The number of methoxy groups -OCH3 is 1. The van der Waals surface area contributed by atoms with Crippen LogP contribution in [0.25, 0.3) is 0 Å². The SMILES string of the molecule is COc1ccc(C2CCCCN(C(=O)Nc3ccc(C)c(C)c3)C2)cc1. The third-order valence-electron chi connectivity index (χ3n) is 5.30. The highest BCUT2D eigenvalue weighted by molar-refractivity contribution is 5.89. The van der Waals surface area contributed by atoms with Crippen LogP contribution < -0.4 is 10.1 Å². The Balaban J connectivity index is 1.69. The Bertz CT molecular complexity index is 755. The number of hydrogen-bond acceptors (Lipinski definition) is 2. The smallest absolute Gasteiger partial charge is 0.321 e. The molecule has 0 aliphatic carbocycles. The number of benzene rings is 2. The summed E-state index contributed by atoms with van der Waals surface area (Å²) in [6, 6.07) is 14.3. The van der Waals surface area contributed by atoms with E-state index < -0.39 is 0 Å². The molecule has 0 aromatic heterocycles. The van der Waals surface area contributed by atoms with Crippen molar-refractivity contribution in [3.05, 3.63) is 59.2 Å². The number of aryl methyl sites for hydroxylation is 2. The number of rotatable bonds is 3. The Morgan fingerprint density at radius 1 is 1.08 bits per heavy atom. The Morgan fingerprint density at radius 3 is 2.54 bits per heavy atom. The van der Waals surface area contributed by atoms with Gasteiger partial charge in [0.15, 0.2) is 0 Å². The molecule has 1 fully saturated rings. The van der Waals surface area contributed by atoms with Crippen LogP contribution in [0.1, 0.15) is 41.9 Å². The summed E-state index contributed by atoms with van der Waals surface area (Å²) in [4.78, 5) is 14.7. The molecule has 1 atom stereocenters. The molecule has 26 heavy (non-hydrogen) atoms. The molecular formula is C22H28N2O2. The van der Waals surface area contributed by atoms with E-state index in [1.54, 1.807) is 7.11 Å². The van der Waals surface area contributed by atoms with Gasteiger partial charge in [0.05, 0.1) is 7.11 Å². The summed E-state index contributed by atoms with van der Waals surface area (Å²) in [6.45, 7) is 5.71. The summed E-state index contributed by atoms with van der Waals surface area (Å²) < 4.78 is 5.25. The molecule has 1 saturated heterocycles. The van der Waals surface area contributed by atoms with Gasteiger partial charge >= 0.3 is 6.03 Å². The fraction of sp³-hybridized carbons (Fsp3) is 0.409. The van der Waals surface area contributed by atoms with Crippen molar-refractivity contribution < 1.29 is 9.53 Å². The molecule has 3 rings (SSSR count). The molecule has 4 nitrogen and oxygen atoms in total. The number of urea groups is 1. The first-order valence-corrected chi connectivity index (χ1v) is 9.34. The average molecular weight is 352 g/mol. The van der Waals surface area contributed by atoms with Crippen LogP contribution in [-0.4, -0.2) is 31.1 Å². The molecule has 2 amide bonds. The van der Waals surface area contributed by atoms with E-state index in [1.165, 1.54) is 16.7 Å². The quantitative estimate of drug-likeness (QED) is 0.833. The van der Waals surface area contributed by atoms with Crippen molar-refractivity contribution >= 4 is 11.7 Å². The van der Waals surface area contributed by atoms with E-state index in [-0.39, 0.29) is 6.03 Å². The number of nitrogens with one attached hydrogen (secondary N) is 1. The summed E-state index contributed by atoms with van der Waals surface area (Å²) in [5, 5.41) is 3.06. The zero-order valence-electron chi connectivity index (χ0n) is 15.9. The minimum Gasteiger partial charge on any atom is -0.497 e. The maximum atomic E-state index is 12.8. The lowest BCUT2D eigenvalue weighted by molar-refractivity contribution is 0.211. The largest absolute Gasteiger partial charge is 0.497 e. The molecule has 1 heterocycles. The molecule has 138 valence electrons. The third kappa shape index (κ3) is 4.37. The van der Waals surface area contributed by atoms with Crippen LogP contribution in [0.4, 0.5) is 10.5 Å². The monoisotopic (exact) mass is 352 g/mol. The minimum atomic E-state index is -0.00587. The predicted octanol–water partition coefficient (Wildman–Crippen LogP) is 5.11. The highest BCUT2D eigenvalue weighted by atomic mass is 16.5. The van der Waals surface area contributed by atoms with Crippen molar-refractivity contribution in [2.24, 2.45) is 0 Å². The summed E-state index contributed by atoms with van der Waals surface area (Å²) in [6.07, 6.45) is 3.30. The van der Waals surface area contributed by atoms with Gasteiger partial charge in [0, 0.05) is 24.7 Å². The number of amides is 2. The molecule has 1 unspecified atom stereocenters. The standard InChI is InChI=1S/C22H28N2O2/c1-16-7-10-20(14-17(16)2)23-22(25)24-13-5-4-6-19(15-24)18-8-11-21(26-3)12-9-18/h7-12,14,19H,4-6,13,15H2,1-3H3,(H,23,25). The Hall–Kier alpha value is -2.49. The summed E-state index contributed by atoms with van der Waals surface area (Å²) in [5.74, 6) is 1.24. The van der Waals surface area contributed by atoms with E-state index in [2.05, 4.69) is 31.3 Å². The number of hydrogen-bond donors (Lipinski definition) is 1. The van der Waals surface area contributed by atoms with E-state index in [1.807, 2.05) is 35.2 Å². The molecule has 0 bridgehead atoms. The first kappa shape index (κ1) is 18.3. The van der Waals surface area contributed by atoms with Crippen molar-refractivity contribution in [2.75, 3.05) is 25.5 Å². The van der Waals surface area contributed by atoms with Gasteiger partial charge in [-0.05, 0) is 67.6 Å². The molecule has 0 radical (unpaired) electrons. The zero-order valence-corrected chi connectivity index (χ0v) is 15.9. The summed E-state index contributed by atoms with van der Waals surface area (Å²) >= 11 is 0. The number of carbonyl (C=O) groups excluding carboxylic acids is 1. The van der Waals surface area contributed by atoms with Crippen LogP contribution in [0.2, 0.25) is 0 Å². The van der Waals surface area contributed by atoms with Crippen LogP contribution in [-0.2, 0) is 0 Å². The molecule has 4 heteroatoms. The van der Waals surface area contributed by atoms with Gasteiger partial charge in [-0.15, -0.1) is 0 Å². The lowest BCUT2D eigenvalue weighted by Crippen LogP contribution is -2.37. The first-order valence-electron chi connectivity index (χ1n) is 9.34. The predicted molar refractivity (Wildman–Crippen MR) is 106 cm³/mol. The van der Waals surface area contributed by atoms with E-state index >= 15 is 0 Å². The Labute approximate surface area is 156 Å². The van der Waals surface area contributed by atoms with Crippen molar-refractivity contribution in [1.82, 2.24) is 4.90 Å². The van der Waals surface area contributed by atoms with E-state index in [0.29, 0.717) is 5.92 Å². The van der Waals surface area contributed by atoms with Gasteiger partial charge in [-0.3, -0.25) is 0 Å². The van der Waals surface area contributed by atoms with Crippen LogP contribution >= 0.6 is 0 Å². The molecule has 0 saturated carbocycles.